The molecule has 0 radical (unpaired) electrons. The van der Waals surface area contributed by atoms with Gasteiger partial charge in [0.2, 0.25) is 5.91 Å². The van der Waals surface area contributed by atoms with Gasteiger partial charge in [-0.3, -0.25) is 4.79 Å². The van der Waals surface area contributed by atoms with Crippen LogP contribution in [0.2, 0.25) is 0 Å². The van der Waals surface area contributed by atoms with Gasteiger partial charge in [0.1, 0.15) is 11.0 Å². The van der Waals surface area contributed by atoms with Gasteiger partial charge < -0.3 is 0 Å². The van der Waals surface area contributed by atoms with E-state index in [0.29, 0.717) is 30.5 Å². The number of benzene rings is 1. The molecule has 1 amide bonds. The van der Waals surface area contributed by atoms with Crippen molar-refractivity contribution in [2.45, 2.75) is 43.2 Å². The Kier molecular flexibility index (Phi) is 4.73. The zero-order valence-corrected chi connectivity index (χ0v) is 14.5. The van der Waals surface area contributed by atoms with E-state index >= 15 is 0 Å². The lowest BCUT2D eigenvalue weighted by atomic mass is 9.64. The van der Waals surface area contributed by atoms with Crippen molar-refractivity contribution >= 4 is 15.9 Å². The van der Waals surface area contributed by atoms with Crippen LogP contribution in [0.1, 0.15) is 43.2 Å². The number of sulfonamides is 1. The fourth-order valence-corrected chi connectivity index (χ4v) is 5.16. The van der Waals surface area contributed by atoms with Crippen molar-refractivity contribution in [2.24, 2.45) is 17.8 Å². The quantitative estimate of drug-likeness (QED) is 0.864. The Morgan fingerprint density at radius 2 is 1.85 bits per heavy atom. The second-order valence-corrected chi connectivity index (χ2v) is 8.56. The topological polar surface area (TPSA) is 87.0 Å². The minimum atomic E-state index is -4.70. The standard InChI is InChI=1S/C17H17F3N2O3S/c18-17(19,20)13-5-6-15(12(8-13)9-21)26(24,25)22-16(23)14-7-10-1-3-11(14)4-2-10/h5-6,8,10-11,14H,1-4,7H2,(H,22,23). The minimum Gasteiger partial charge on any atom is -0.274 e. The van der Waals surface area contributed by atoms with Crippen LogP contribution in [0.5, 0.6) is 0 Å². The number of nitrogens with zero attached hydrogens (tertiary/aromatic N) is 1. The maximum atomic E-state index is 12.7. The first-order chi connectivity index (χ1) is 12.1. The molecule has 140 valence electrons. The number of hydrogen-bond acceptors (Lipinski definition) is 4. The zero-order chi connectivity index (χ0) is 19.1. The number of carbonyl (C=O) groups is 1. The van der Waals surface area contributed by atoms with E-state index in [1.807, 2.05) is 4.72 Å². The molecular formula is C17H17F3N2O3S. The number of nitrogens with one attached hydrogen (secondary N) is 1. The van der Waals surface area contributed by atoms with Crippen LogP contribution in [0.25, 0.3) is 0 Å². The molecule has 3 saturated carbocycles. The average molecular weight is 386 g/mol. The van der Waals surface area contributed by atoms with Crippen LogP contribution in [0, 0.1) is 29.1 Å². The highest BCUT2D eigenvalue weighted by Crippen LogP contribution is 2.45. The Labute approximate surface area is 149 Å². The SMILES string of the molecule is N#Cc1cc(C(F)(F)F)ccc1S(=O)(=O)NC(=O)C1CC2CCC1CC2. The van der Waals surface area contributed by atoms with Crippen molar-refractivity contribution in [3.8, 4) is 6.07 Å². The van der Waals surface area contributed by atoms with E-state index in [4.69, 9.17) is 5.26 Å². The van der Waals surface area contributed by atoms with Crippen molar-refractivity contribution in [1.29, 1.82) is 5.26 Å². The number of amides is 1. The fourth-order valence-electron chi connectivity index (χ4n) is 3.99. The molecule has 1 atom stereocenters. The van der Waals surface area contributed by atoms with E-state index < -0.39 is 44.0 Å². The summed E-state index contributed by atoms with van der Waals surface area (Å²) in [7, 11) is -4.42. The first-order valence-electron chi connectivity index (χ1n) is 8.30. The smallest absolute Gasteiger partial charge is 0.274 e. The Balaban J connectivity index is 1.84. The maximum absolute atomic E-state index is 12.7. The highest BCUT2D eigenvalue weighted by Gasteiger charge is 2.41. The third-order valence-corrected chi connectivity index (χ3v) is 6.74. The predicted octanol–water partition coefficient (Wildman–Crippen LogP) is 3.21. The molecule has 0 saturated heterocycles. The van der Waals surface area contributed by atoms with Gasteiger partial charge in [0.05, 0.1) is 11.1 Å². The average Bonchev–Trinajstić information content (AvgIpc) is 2.61. The minimum absolute atomic E-state index is 0.137. The molecule has 1 N–H and O–H groups in total. The third-order valence-electron chi connectivity index (χ3n) is 5.34. The second-order valence-electron chi connectivity index (χ2n) is 6.91. The summed E-state index contributed by atoms with van der Waals surface area (Å²) in [4.78, 5) is 11.8. The Morgan fingerprint density at radius 1 is 1.19 bits per heavy atom. The summed E-state index contributed by atoms with van der Waals surface area (Å²) < 4.78 is 65.1. The van der Waals surface area contributed by atoms with Crippen molar-refractivity contribution in [2.75, 3.05) is 0 Å². The van der Waals surface area contributed by atoms with E-state index in [9.17, 15) is 26.4 Å². The molecule has 3 aliphatic rings. The van der Waals surface area contributed by atoms with Crippen LogP contribution in [0.3, 0.4) is 0 Å². The lowest BCUT2D eigenvalue weighted by molar-refractivity contribution is -0.137. The molecule has 0 spiro atoms. The molecule has 5 nitrogen and oxygen atoms in total. The summed E-state index contributed by atoms with van der Waals surface area (Å²) >= 11 is 0. The number of carbonyl (C=O) groups excluding carboxylic acids is 1. The Morgan fingerprint density at radius 3 is 2.35 bits per heavy atom. The number of fused-ring (bicyclic) bond motifs is 3. The largest absolute Gasteiger partial charge is 0.416 e. The molecule has 3 fully saturated rings. The fraction of sp³-hybridized carbons (Fsp3) is 0.529. The van der Waals surface area contributed by atoms with Crippen LogP contribution in [-0.4, -0.2) is 14.3 Å². The molecule has 0 aromatic heterocycles. The number of hydrogen-bond donors (Lipinski definition) is 1. The van der Waals surface area contributed by atoms with Gasteiger partial charge in [-0.05, 0) is 49.3 Å². The number of halogens is 3. The molecule has 3 aliphatic carbocycles. The predicted molar refractivity (Wildman–Crippen MR) is 85.0 cm³/mol. The van der Waals surface area contributed by atoms with E-state index in [2.05, 4.69) is 0 Å². The van der Waals surface area contributed by atoms with Crippen LogP contribution in [0.15, 0.2) is 23.1 Å². The van der Waals surface area contributed by atoms with E-state index in [1.54, 1.807) is 0 Å². The van der Waals surface area contributed by atoms with Gasteiger partial charge in [-0.15, -0.1) is 0 Å². The molecule has 9 heteroatoms. The number of rotatable bonds is 3. The monoisotopic (exact) mass is 386 g/mol. The van der Waals surface area contributed by atoms with Gasteiger partial charge in [-0.2, -0.15) is 18.4 Å². The summed E-state index contributed by atoms with van der Waals surface area (Å²) in [6.45, 7) is 0. The molecule has 2 bridgehead atoms. The van der Waals surface area contributed by atoms with E-state index in [0.717, 1.165) is 25.7 Å². The summed E-state index contributed by atoms with van der Waals surface area (Å²) in [5, 5.41) is 9.05. The first-order valence-corrected chi connectivity index (χ1v) is 9.78. The normalized spacial score (nSPS) is 25.5. The van der Waals surface area contributed by atoms with Crippen LogP contribution >= 0.6 is 0 Å². The van der Waals surface area contributed by atoms with Crippen molar-refractivity contribution in [3.05, 3.63) is 29.3 Å². The van der Waals surface area contributed by atoms with Crippen molar-refractivity contribution < 1.29 is 26.4 Å². The second kappa shape index (κ2) is 6.58. The summed E-state index contributed by atoms with van der Waals surface area (Å²) in [6.07, 6.45) is -0.223. The molecule has 0 aliphatic heterocycles. The molecule has 26 heavy (non-hydrogen) atoms. The lowest BCUT2D eigenvalue weighted by Gasteiger charge is -2.41. The zero-order valence-electron chi connectivity index (χ0n) is 13.7. The molecule has 1 aromatic carbocycles. The Hall–Kier alpha value is -2.08. The van der Waals surface area contributed by atoms with Crippen LogP contribution < -0.4 is 4.72 Å². The van der Waals surface area contributed by atoms with Crippen LogP contribution in [-0.2, 0) is 21.0 Å². The third kappa shape index (κ3) is 3.56. The summed E-state index contributed by atoms with van der Waals surface area (Å²) in [5.74, 6) is -0.488. The summed E-state index contributed by atoms with van der Waals surface area (Å²) in [5.41, 5.74) is -1.77. The molecule has 1 unspecified atom stereocenters. The molecule has 0 heterocycles. The number of alkyl halides is 3. The summed E-state index contributed by atoms with van der Waals surface area (Å²) in [6, 6.07) is 3.24. The van der Waals surface area contributed by atoms with Crippen LogP contribution in [0.4, 0.5) is 13.2 Å². The van der Waals surface area contributed by atoms with E-state index in [-0.39, 0.29) is 5.92 Å². The van der Waals surface area contributed by atoms with Crippen molar-refractivity contribution in [1.82, 2.24) is 4.72 Å². The van der Waals surface area contributed by atoms with Gasteiger partial charge in [0, 0.05) is 5.92 Å². The van der Waals surface area contributed by atoms with Gasteiger partial charge in [0.15, 0.2) is 0 Å². The van der Waals surface area contributed by atoms with Gasteiger partial charge in [-0.1, -0.05) is 12.8 Å². The van der Waals surface area contributed by atoms with Crippen molar-refractivity contribution in [3.63, 3.8) is 0 Å². The lowest BCUT2D eigenvalue weighted by Crippen LogP contribution is -2.43. The molecule has 1 aromatic rings. The highest BCUT2D eigenvalue weighted by atomic mass is 32.2. The van der Waals surface area contributed by atoms with Gasteiger partial charge >= 0.3 is 6.18 Å². The van der Waals surface area contributed by atoms with Gasteiger partial charge in [0.25, 0.3) is 10.0 Å². The Bertz CT molecular complexity index is 866. The highest BCUT2D eigenvalue weighted by molar-refractivity contribution is 7.90. The first kappa shape index (κ1) is 18.7. The van der Waals surface area contributed by atoms with Gasteiger partial charge in [-0.25, -0.2) is 13.1 Å². The maximum Gasteiger partial charge on any atom is 0.416 e. The molecular weight excluding hydrogens is 369 g/mol. The molecule has 4 rings (SSSR count). The van der Waals surface area contributed by atoms with E-state index in [1.165, 1.54) is 6.07 Å². The number of nitriles is 1.